The Labute approximate surface area is 186 Å². The number of amides is 2. The minimum Gasteiger partial charge on any atom is -0.494 e. The van der Waals surface area contributed by atoms with Gasteiger partial charge in [-0.3, -0.25) is 9.59 Å². The molecule has 4 rings (SSSR count). The number of anilines is 1. The molecule has 2 amide bonds. The zero-order valence-electron chi connectivity index (χ0n) is 17.7. The number of sulfonamides is 1. The van der Waals surface area contributed by atoms with Gasteiger partial charge in [0.05, 0.1) is 17.2 Å². The summed E-state index contributed by atoms with van der Waals surface area (Å²) in [5.74, 6) is 0.478. The van der Waals surface area contributed by atoms with Crippen LogP contribution in [0.2, 0.25) is 0 Å². The van der Waals surface area contributed by atoms with Crippen molar-refractivity contribution in [3.63, 3.8) is 0 Å². The van der Waals surface area contributed by atoms with Gasteiger partial charge in [0.25, 0.3) is 5.91 Å². The number of nitrogens with one attached hydrogen (secondary N) is 2. The van der Waals surface area contributed by atoms with Crippen molar-refractivity contribution in [1.82, 2.24) is 9.62 Å². The van der Waals surface area contributed by atoms with E-state index in [0.29, 0.717) is 30.9 Å². The van der Waals surface area contributed by atoms with Gasteiger partial charge >= 0.3 is 0 Å². The molecule has 1 saturated heterocycles. The van der Waals surface area contributed by atoms with Crippen molar-refractivity contribution >= 4 is 27.5 Å². The summed E-state index contributed by atoms with van der Waals surface area (Å²) in [6, 6.07) is 10.9. The Balaban J connectivity index is 1.45. The van der Waals surface area contributed by atoms with Crippen molar-refractivity contribution in [2.75, 3.05) is 25.1 Å². The maximum atomic E-state index is 13.3. The number of nitrogens with zero attached hydrogens (tertiary/aromatic N) is 1. The van der Waals surface area contributed by atoms with E-state index in [1.165, 1.54) is 22.5 Å². The summed E-state index contributed by atoms with van der Waals surface area (Å²) >= 11 is 0. The molecule has 2 heterocycles. The molecule has 2 aromatic rings. The van der Waals surface area contributed by atoms with E-state index in [1.807, 2.05) is 31.2 Å². The van der Waals surface area contributed by atoms with Gasteiger partial charge in [-0.15, -0.1) is 0 Å². The molecule has 0 bridgehead atoms. The van der Waals surface area contributed by atoms with Crippen LogP contribution < -0.4 is 20.1 Å². The summed E-state index contributed by atoms with van der Waals surface area (Å²) in [6.45, 7) is 2.91. The highest BCUT2D eigenvalue weighted by Crippen LogP contribution is 2.33. The number of benzene rings is 2. The van der Waals surface area contributed by atoms with Gasteiger partial charge < -0.3 is 20.1 Å². The predicted molar refractivity (Wildman–Crippen MR) is 117 cm³/mol. The fraction of sp³-hybridized carbons (Fsp3) is 0.364. The Morgan fingerprint density at radius 2 is 2.03 bits per heavy atom. The fourth-order valence-corrected chi connectivity index (χ4v) is 5.51. The number of hydrogen-bond donors (Lipinski definition) is 2. The van der Waals surface area contributed by atoms with E-state index >= 15 is 0 Å². The zero-order chi connectivity index (χ0) is 22.7. The molecule has 9 nitrogen and oxygen atoms in total. The topological polar surface area (TPSA) is 114 Å². The third-order valence-electron chi connectivity index (χ3n) is 5.40. The average molecular weight is 460 g/mol. The Morgan fingerprint density at radius 3 is 2.78 bits per heavy atom. The van der Waals surface area contributed by atoms with Crippen molar-refractivity contribution in [1.29, 1.82) is 0 Å². The van der Waals surface area contributed by atoms with E-state index in [-0.39, 0.29) is 36.4 Å². The van der Waals surface area contributed by atoms with Gasteiger partial charge in [-0.25, -0.2) is 8.42 Å². The van der Waals surface area contributed by atoms with Gasteiger partial charge in [-0.05, 0) is 55.7 Å². The Bertz CT molecular complexity index is 1120. The second-order valence-corrected chi connectivity index (χ2v) is 9.45. The van der Waals surface area contributed by atoms with Crippen LogP contribution in [-0.4, -0.2) is 50.3 Å². The molecule has 1 fully saturated rings. The third-order valence-corrected chi connectivity index (χ3v) is 7.30. The fourth-order valence-electron chi connectivity index (χ4n) is 3.83. The van der Waals surface area contributed by atoms with Gasteiger partial charge in [0.15, 0.2) is 6.61 Å². The average Bonchev–Trinajstić information content (AvgIpc) is 3.29. The molecule has 32 heavy (non-hydrogen) atoms. The molecular formula is C22H25N3O6S. The minimum absolute atomic E-state index is 0.00765. The lowest BCUT2D eigenvalue weighted by molar-refractivity contribution is -0.124. The molecule has 0 spiro atoms. The van der Waals surface area contributed by atoms with Crippen molar-refractivity contribution in [3.8, 4) is 11.5 Å². The van der Waals surface area contributed by atoms with Crippen LogP contribution in [0.4, 0.5) is 5.69 Å². The molecule has 0 radical (unpaired) electrons. The van der Waals surface area contributed by atoms with E-state index in [0.717, 1.165) is 11.3 Å². The van der Waals surface area contributed by atoms with E-state index in [4.69, 9.17) is 9.47 Å². The molecule has 170 valence electrons. The summed E-state index contributed by atoms with van der Waals surface area (Å²) in [5.41, 5.74) is 1.19. The number of ether oxygens (including phenoxy) is 2. The van der Waals surface area contributed by atoms with Gasteiger partial charge in [-0.1, -0.05) is 12.1 Å². The summed E-state index contributed by atoms with van der Waals surface area (Å²) in [5, 5.41) is 5.45. The van der Waals surface area contributed by atoms with E-state index in [1.54, 1.807) is 0 Å². The van der Waals surface area contributed by atoms with Crippen LogP contribution in [0.1, 0.15) is 25.3 Å². The predicted octanol–water partition coefficient (Wildman–Crippen LogP) is 1.89. The van der Waals surface area contributed by atoms with Gasteiger partial charge in [0.2, 0.25) is 15.9 Å². The first kappa shape index (κ1) is 22.1. The lowest BCUT2D eigenvalue weighted by Gasteiger charge is -2.24. The highest BCUT2D eigenvalue weighted by molar-refractivity contribution is 7.89. The number of fused-ring (bicyclic) bond motifs is 1. The first-order valence-electron chi connectivity index (χ1n) is 10.5. The SMILES string of the molecule is CCOc1ccc(CNC(=O)[C@H]2CCCN2S(=O)(=O)c2ccc3c(c2)NC(=O)CO3)cc1. The maximum absolute atomic E-state index is 13.3. The molecule has 2 aromatic carbocycles. The second kappa shape index (κ2) is 9.17. The normalized spacial score (nSPS) is 18.4. The van der Waals surface area contributed by atoms with Crippen LogP contribution in [0.5, 0.6) is 11.5 Å². The van der Waals surface area contributed by atoms with Crippen LogP contribution in [0.15, 0.2) is 47.4 Å². The van der Waals surface area contributed by atoms with Crippen molar-refractivity contribution in [2.24, 2.45) is 0 Å². The van der Waals surface area contributed by atoms with Crippen LogP contribution in [-0.2, 0) is 26.2 Å². The van der Waals surface area contributed by atoms with Crippen molar-refractivity contribution < 1.29 is 27.5 Å². The van der Waals surface area contributed by atoms with Crippen LogP contribution >= 0.6 is 0 Å². The van der Waals surface area contributed by atoms with Crippen LogP contribution in [0.3, 0.4) is 0 Å². The smallest absolute Gasteiger partial charge is 0.262 e. The van der Waals surface area contributed by atoms with Crippen molar-refractivity contribution in [3.05, 3.63) is 48.0 Å². The summed E-state index contributed by atoms with van der Waals surface area (Å²) < 4.78 is 38.5. The van der Waals surface area contributed by atoms with Gasteiger partial charge in [0, 0.05) is 13.1 Å². The van der Waals surface area contributed by atoms with Gasteiger partial charge in [-0.2, -0.15) is 4.31 Å². The van der Waals surface area contributed by atoms with Gasteiger partial charge in [0.1, 0.15) is 17.5 Å². The molecule has 2 N–H and O–H groups in total. The molecule has 1 atom stereocenters. The standard InChI is InChI=1S/C22H25N3O6S/c1-2-30-16-7-5-15(6-8-16)13-23-22(27)19-4-3-11-25(19)32(28,29)17-9-10-20-18(12-17)24-21(26)14-31-20/h5-10,12,19H,2-4,11,13-14H2,1H3,(H,23,27)(H,24,26)/t19-/m1/s1. The molecule has 0 aromatic heterocycles. The molecule has 0 aliphatic carbocycles. The molecule has 2 aliphatic heterocycles. The monoisotopic (exact) mass is 459 g/mol. The summed E-state index contributed by atoms with van der Waals surface area (Å²) in [6.07, 6.45) is 1.03. The first-order chi connectivity index (χ1) is 15.4. The molecular weight excluding hydrogens is 434 g/mol. The zero-order valence-corrected chi connectivity index (χ0v) is 18.5. The Hall–Kier alpha value is -3.11. The lowest BCUT2D eigenvalue weighted by Crippen LogP contribution is -2.45. The molecule has 2 aliphatic rings. The number of carbonyl (C=O) groups excluding carboxylic acids is 2. The quantitative estimate of drug-likeness (QED) is 0.654. The second-order valence-electron chi connectivity index (χ2n) is 7.56. The molecule has 0 saturated carbocycles. The highest BCUT2D eigenvalue weighted by Gasteiger charge is 2.39. The highest BCUT2D eigenvalue weighted by atomic mass is 32.2. The largest absolute Gasteiger partial charge is 0.494 e. The number of hydrogen-bond acceptors (Lipinski definition) is 6. The summed E-state index contributed by atoms with van der Waals surface area (Å²) in [7, 11) is -3.93. The summed E-state index contributed by atoms with van der Waals surface area (Å²) in [4.78, 5) is 24.4. The van der Waals surface area contributed by atoms with Crippen LogP contribution in [0, 0.1) is 0 Å². The minimum atomic E-state index is -3.93. The Morgan fingerprint density at radius 1 is 1.25 bits per heavy atom. The first-order valence-corrected chi connectivity index (χ1v) is 11.9. The van der Waals surface area contributed by atoms with E-state index in [9.17, 15) is 18.0 Å². The Kier molecular flexibility index (Phi) is 6.33. The molecule has 10 heteroatoms. The van der Waals surface area contributed by atoms with Crippen molar-refractivity contribution in [2.45, 2.75) is 37.2 Å². The third kappa shape index (κ3) is 4.56. The van der Waals surface area contributed by atoms with E-state index < -0.39 is 16.1 Å². The van der Waals surface area contributed by atoms with E-state index in [2.05, 4.69) is 10.6 Å². The number of rotatable bonds is 7. The molecule has 0 unspecified atom stereocenters. The number of carbonyl (C=O) groups is 2. The maximum Gasteiger partial charge on any atom is 0.262 e. The lowest BCUT2D eigenvalue weighted by atomic mass is 10.2. The van der Waals surface area contributed by atoms with Crippen LogP contribution in [0.25, 0.3) is 0 Å².